The number of halogens is 1. The summed E-state index contributed by atoms with van der Waals surface area (Å²) in [5.41, 5.74) is 0.602. The molecule has 1 N–H and O–H groups in total. The molecule has 0 saturated carbocycles. The van der Waals surface area contributed by atoms with Crippen LogP contribution in [0, 0.1) is 11.3 Å². The molecule has 0 saturated heterocycles. The van der Waals surface area contributed by atoms with Gasteiger partial charge in [-0.2, -0.15) is 5.26 Å². The summed E-state index contributed by atoms with van der Waals surface area (Å²) in [6.07, 6.45) is 8.23. The van der Waals surface area contributed by atoms with Crippen molar-refractivity contribution in [2.75, 3.05) is 0 Å². The number of hydrogen-bond donors (Lipinski definition) is 1. The van der Waals surface area contributed by atoms with Crippen molar-refractivity contribution in [1.82, 2.24) is 5.32 Å². The second kappa shape index (κ2) is 4.34. The summed E-state index contributed by atoms with van der Waals surface area (Å²) < 4.78 is 0. The molecule has 3 heteroatoms. The molecular weight excluding hydrogens is 184 g/mol. The SMILES string of the molecule is CCCCC1(Cl)NC=CC=C1C#N. The van der Waals surface area contributed by atoms with Crippen molar-refractivity contribution < 1.29 is 0 Å². The number of nitriles is 1. The first-order valence-corrected chi connectivity index (χ1v) is 4.85. The summed E-state index contributed by atoms with van der Waals surface area (Å²) in [4.78, 5) is -0.667. The van der Waals surface area contributed by atoms with Crippen LogP contribution in [0.4, 0.5) is 0 Å². The fourth-order valence-corrected chi connectivity index (χ4v) is 1.59. The van der Waals surface area contributed by atoms with Gasteiger partial charge in [-0.15, -0.1) is 0 Å². The first-order chi connectivity index (χ1) is 6.23. The van der Waals surface area contributed by atoms with Crippen molar-refractivity contribution in [2.45, 2.75) is 31.2 Å². The third kappa shape index (κ3) is 2.26. The summed E-state index contributed by atoms with van der Waals surface area (Å²) >= 11 is 6.27. The van der Waals surface area contributed by atoms with Crippen LogP contribution in [0.15, 0.2) is 23.9 Å². The van der Waals surface area contributed by atoms with Gasteiger partial charge in [0.25, 0.3) is 0 Å². The Bertz CT molecular complexity index is 275. The molecule has 1 aliphatic rings. The first-order valence-electron chi connectivity index (χ1n) is 4.47. The van der Waals surface area contributed by atoms with E-state index in [2.05, 4.69) is 18.3 Å². The van der Waals surface area contributed by atoms with Crippen LogP contribution in [-0.4, -0.2) is 5.00 Å². The van der Waals surface area contributed by atoms with Crippen LogP contribution in [-0.2, 0) is 0 Å². The number of rotatable bonds is 3. The zero-order valence-electron chi connectivity index (χ0n) is 7.68. The predicted octanol–water partition coefficient (Wildman–Crippen LogP) is 2.68. The molecule has 0 aromatic carbocycles. The van der Waals surface area contributed by atoms with Gasteiger partial charge in [-0.3, -0.25) is 0 Å². The molecule has 0 spiro atoms. The standard InChI is InChI=1S/C10H13ClN2/c1-2-3-6-10(11)9(8-12)5-4-7-13-10/h4-5,7,13H,2-3,6H2,1H3. The van der Waals surface area contributed by atoms with Gasteiger partial charge >= 0.3 is 0 Å². The van der Waals surface area contributed by atoms with Crippen molar-refractivity contribution >= 4 is 11.6 Å². The van der Waals surface area contributed by atoms with E-state index in [1.807, 2.05) is 0 Å². The number of nitrogens with zero attached hydrogens (tertiary/aromatic N) is 1. The van der Waals surface area contributed by atoms with Crippen molar-refractivity contribution in [3.05, 3.63) is 23.9 Å². The fourth-order valence-electron chi connectivity index (χ4n) is 1.29. The van der Waals surface area contributed by atoms with E-state index in [1.165, 1.54) is 0 Å². The first kappa shape index (κ1) is 10.1. The molecule has 0 aromatic rings. The topological polar surface area (TPSA) is 35.8 Å². The summed E-state index contributed by atoms with van der Waals surface area (Å²) in [5, 5.41) is 11.9. The summed E-state index contributed by atoms with van der Waals surface area (Å²) in [7, 11) is 0. The van der Waals surface area contributed by atoms with Gasteiger partial charge in [-0.25, -0.2) is 0 Å². The maximum Gasteiger partial charge on any atom is 0.147 e. The second-order valence-corrected chi connectivity index (χ2v) is 3.75. The molecule has 0 fully saturated rings. The van der Waals surface area contributed by atoms with E-state index in [0.29, 0.717) is 5.57 Å². The number of allylic oxidation sites excluding steroid dienone is 2. The Morgan fingerprint density at radius 3 is 3.08 bits per heavy atom. The number of unbranched alkanes of at least 4 members (excludes halogenated alkanes) is 1. The Labute approximate surface area is 83.9 Å². The lowest BCUT2D eigenvalue weighted by Gasteiger charge is -2.28. The molecule has 1 atom stereocenters. The number of nitrogens with one attached hydrogen (secondary N) is 1. The lowest BCUT2D eigenvalue weighted by atomic mass is 9.99. The van der Waals surface area contributed by atoms with Gasteiger partial charge in [0.1, 0.15) is 5.00 Å². The van der Waals surface area contributed by atoms with Crippen LogP contribution >= 0.6 is 11.6 Å². The molecule has 0 aromatic heterocycles. The third-order valence-corrected chi connectivity index (χ3v) is 2.60. The molecule has 0 aliphatic carbocycles. The van der Waals surface area contributed by atoms with Crippen LogP contribution in [0.2, 0.25) is 0 Å². The normalized spacial score (nSPS) is 26.1. The summed E-state index contributed by atoms with van der Waals surface area (Å²) in [6, 6.07) is 2.12. The number of alkyl halides is 1. The highest BCUT2D eigenvalue weighted by atomic mass is 35.5. The van der Waals surface area contributed by atoms with Crippen LogP contribution < -0.4 is 5.32 Å². The lowest BCUT2D eigenvalue weighted by Crippen LogP contribution is -2.39. The Balaban J connectivity index is 2.72. The molecule has 1 heterocycles. The molecule has 70 valence electrons. The molecule has 0 bridgehead atoms. The van der Waals surface area contributed by atoms with E-state index in [0.717, 1.165) is 19.3 Å². The maximum absolute atomic E-state index is 8.85. The van der Waals surface area contributed by atoms with Gasteiger partial charge in [-0.05, 0) is 31.2 Å². The molecule has 13 heavy (non-hydrogen) atoms. The molecule has 1 aliphatic heterocycles. The van der Waals surface area contributed by atoms with Crippen molar-refractivity contribution in [2.24, 2.45) is 0 Å². The minimum Gasteiger partial charge on any atom is -0.369 e. The lowest BCUT2D eigenvalue weighted by molar-refractivity contribution is 0.525. The van der Waals surface area contributed by atoms with E-state index in [1.54, 1.807) is 18.4 Å². The van der Waals surface area contributed by atoms with Crippen molar-refractivity contribution in [3.63, 3.8) is 0 Å². The van der Waals surface area contributed by atoms with E-state index in [-0.39, 0.29) is 0 Å². The van der Waals surface area contributed by atoms with Gasteiger partial charge in [0, 0.05) is 0 Å². The molecule has 2 nitrogen and oxygen atoms in total. The average molecular weight is 197 g/mol. The van der Waals surface area contributed by atoms with Crippen molar-refractivity contribution in [1.29, 1.82) is 5.26 Å². The average Bonchev–Trinajstić information content (AvgIpc) is 2.16. The van der Waals surface area contributed by atoms with E-state index in [4.69, 9.17) is 16.9 Å². The number of dihydropyridines is 1. The Hall–Kier alpha value is -0.940. The quantitative estimate of drug-likeness (QED) is 0.557. The minimum absolute atomic E-state index is 0.602. The highest BCUT2D eigenvalue weighted by Crippen LogP contribution is 2.29. The Kier molecular flexibility index (Phi) is 3.39. The molecule has 0 radical (unpaired) electrons. The van der Waals surface area contributed by atoms with Gasteiger partial charge in [-0.1, -0.05) is 24.9 Å². The van der Waals surface area contributed by atoms with Crippen LogP contribution in [0.1, 0.15) is 26.2 Å². The third-order valence-electron chi connectivity index (χ3n) is 2.09. The highest BCUT2D eigenvalue weighted by Gasteiger charge is 2.31. The molecular formula is C10H13ClN2. The monoisotopic (exact) mass is 196 g/mol. The van der Waals surface area contributed by atoms with Crippen LogP contribution in [0.3, 0.4) is 0 Å². The molecule has 1 unspecified atom stereocenters. The van der Waals surface area contributed by atoms with Crippen molar-refractivity contribution in [3.8, 4) is 6.07 Å². The minimum atomic E-state index is -0.667. The van der Waals surface area contributed by atoms with Gasteiger partial charge in [0.05, 0.1) is 11.6 Å². The van der Waals surface area contributed by atoms with Crippen LogP contribution in [0.25, 0.3) is 0 Å². The fraction of sp³-hybridized carbons (Fsp3) is 0.500. The predicted molar refractivity (Wildman–Crippen MR) is 54.1 cm³/mol. The van der Waals surface area contributed by atoms with Gasteiger partial charge < -0.3 is 5.32 Å². The second-order valence-electron chi connectivity index (χ2n) is 3.10. The summed E-state index contributed by atoms with van der Waals surface area (Å²) in [6.45, 7) is 2.11. The molecule has 0 amide bonds. The Morgan fingerprint density at radius 2 is 2.46 bits per heavy atom. The summed E-state index contributed by atoms with van der Waals surface area (Å²) in [5.74, 6) is 0. The van der Waals surface area contributed by atoms with Gasteiger partial charge in [0.15, 0.2) is 0 Å². The van der Waals surface area contributed by atoms with E-state index < -0.39 is 5.00 Å². The van der Waals surface area contributed by atoms with Crippen LogP contribution in [0.5, 0.6) is 0 Å². The highest BCUT2D eigenvalue weighted by molar-refractivity contribution is 6.26. The van der Waals surface area contributed by atoms with E-state index in [9.17, 15) is 0 Å². The smallest absolute Gasteiger partial charge is 0.147 e. The van der Waals surface area contributed by atoms with E-state index >= 15 is 0 Å². The Morgan fingerprint density at radius 1 is 1.69 bits per heavy atom. The zero-order chi connectivity index (χ0) is 9.73. The van der Waals surface area contributed by atoms with Gasteiger partial charge in [0.2, 0.25) is 0 Å². The maximum atomic E-state index is 8.85. The molecule has 1 rings (SSSR count). The zero-order valence-corrected chi connectivity index (χ0v) is 8.43. The largest absolute Gasteiger partial charge is 0.369 e. The number of hydrogen-bond acceptors (Lipinski definition) is 2.